The van der Waals surface area contributed by atoms with Crippen LogP contribution in [0.1, 0.15) is 58.8 Å². The van der Waals surface area contributed by atoms with Crippen LogP contribution in [0.25, 0.3) is 0 Å². The molecule has 1 heteroatoms. The van der Waals surface area contributed by atoms with Gasteiger partial charge in [0.2, 0.25) is 0 Å². The van der Waals surface area contributed by atoms with Gasteiger partial charge in [-0.2, -0.15) is 0 Å². The summed E-state index contributed by atoms with van der Waals surface area (Å²) < 4.78 is 0. The highest BCUT2D eigenvalue weighted by Crippen LogP contribution is 2.62. The van der Waals surface area contributed by atoms with Gasteiger partial charge in [-0.15, -0.1) is 0 Å². The summed E-state index contributed by atoms with van der Waals surface area (Å²) in [6.07, 6.45) is 10.3. The molecule has 3 unspecified atom stereocenters. The molecule has 15 heavy (non-hydrogen) atoms. The minimum absolute atomic E-state index is 0.805. The van der Waals surface area contributed by atoms with Crippen molar-refractivity contribution in [3.05, 3.63) is 0 Å². The predicted molar refractivity (Wildman–Crippen MR) is 65.9 cm³/mol. The smallest absolute Gasteiger partial charge is 0.00150 e. The first kappa shape index (κ1) is 11.4. The van der Waals surface area contributed by atoms with E-state index in [1.54, 1.807) is 6.42 Å². The topological polar surface area (TPSA) is 12.0 Å². The monoisotopic (exact) mass is 209 g/mol. The highest BCUT2D eigenvalue weighted by Gasteiger charge is 2.54. The summed E-state index contributed by atoms with van der Waals surface area (Å²) in [7, 11) is 0. The first-order valence-electron chi connectivity index (χ1n) is 7.01. The molecule has 0 amide bonds. The van der Waals surface area contributed by atoms with Gasteiger partial charge in [0.15, 0.2) is 0 Å². The average Bonchev–Trinajstić information content (AvgIpc) is 2.91. The zero-order valence-corrected chi connectivity index (χ0v) is 10.5. The predicted octanol–water partition coefficient (Wildman–Crippen LogP) is 3.59. The first-order chi connectivity index (χ1) is 7.30. The van der Waals surface area contributed by atoms with E-state index >= 15 is 0 Å². The van der Waals surface area contributed by atoms with Crippen LogP contribution in [0.15, 0.2) is 0 Å². The molecule has 2 aliphatic carbocycles. The summed E-state index contributed by atoms with van der Waals surface area (Å²) >= 11 is 0. The van der Waals surface area contributed by atoms with E-state index in [1.807, 2.05) is 0 Å². The van der Waals surface area contributed by atoms with Crippen molar-refractivity contribution < 1.29 is 0 Å². The van der Waals surface area contributed by atoms with E-state index in [1.165, 1.54) is 51.6 Å². The standard InChI is InChI=1S/C14H27N/c1-3-8-15-11-13-10-14(13)7-5-6-12(4-2)9-14/h12-13,15H,3-11H2,1-2H3. The van der Waals surface area contributed by atoms with E-state index in [0.717, 1.165) is 17.3 Å². The third kappa shape index (κ3) is 2.55. The molecule has 0 bridgehead atoms. The van der Waals surface area contributed by atoms with Crippen LogP contribution in [-0.2, 0) is 0 Å². The second-order valence-electron chi connectivity index (χ2n) is 5.84. The molecule has 0 aromatic carbocycles. The van der Waals surface area contributed by atoms with E-state index < -0.39 is 0 Å². The van der Waals surface area contributed by atoms with Crippen molar-refractivity contribution in [3.8, 4) is 0 Å². The molecule has 0 saturated heterocycles. The molecule has 2 fully saturated rings. The van der Waals surface area contributed by atoms with Crippen LogP contribution in [0.2, 0.25) is 0 Å². The second-order valence-corrected chi connectivity index (χ2v) is 5.84. The molecular formula is C14H27N. The molecule has 0 radical (unpaired) electrons. The summed E-state index contributed by atoms with van der Waals surface area (Å²) in [4.78, 5) is 0. The van der Waals surface area contributed by atoms with Crippen LogP contribution in [0.3, 0.4) is 0 Å². The Morgan fingerprint density at radius 2 is 2.13 bits per heavy atom. The SMILES string of the molecule is CCCNCC1CC12CCCC(CC)C2. The van der Waals surface area contributed by atoms with Crippen molar-refractivity contribution in [3.63, 3.8) is 0 Å². The van der Waals surface area contributed by atoms with Crippen molar-refractivity contribution in [2.45, 2.75) is 58.8 Å². The molecular weight excluding hydrogens is 182 g/mol. The molecule has 2 aliphatic rings. The molecule has 0 aliphatic heterocycles. The Morgan fingerprint density at radius 1 is 1.27 bits per heavy atom. The zero-order valence-electron chi connectivity index (χ0n) is 10.5. The summed E-state index contributed by atoms with van der Waals surface area (Å²) in [5.41, 5.74) is 0.805. The summed E-state index contributed by atoms with van der Waals surface area (Å²) in [6, 6.07) is 0. The van der Waals surface area contributed by atoms with E-state index in [-0.39, 0.29) is 0 Å². The van der Waals surface area contributed by atoms with Gasteiger partial charge in [0.1, 0.15) is 0 Å². The van der Waals surface area contributed by atoms with Crippen molar-refractivity contribution in [1.82, 2.24) is 5.32 Å². The van der Waals surface area contributed by atoms with E-state index in [4.69, 9.17) is 0 Å². The lowest BCUT2D eigenvalue weighted by Gasteiger charge is -2.29. The van der Waals surface area contributed by atoms with Crippen LogP contribution < -0.4 is 5.32 Å². The summed E-state index contributed by atoms with van der Waals surface area (Å²) in [5, 5.41) is 3.60. The Balaban J connectivity index is 1.74. The Kier molecular flexibility index (Phi) is 3.71. The number of hydrogen-bond acceptors (Lipinski definition) is 1. The van der Waals surface area contributed by atoms with Gasteiger partial charge in [-0.05, 0) is 56.0 Å². The average molecular weight is 209 g/mol. The van der Waals surface area contributed by atoms with Gasteiger partial charge in [-0.3, -0.25) is 0 Å². The van der Waals surface area contributed by atoms with Gasteiger partial charge in [-0.1, -0.05) is 33.1 Å². The minimum atomic E-state index is 0.805. The number of nitrogens with one attached hydrogen (secondary N) is 1. The third-order valence-corrected chi connectivity index (χ3v) is 4.74. The Morgan fingerprint density at radius 3 is 2.87 bits per heavy atom. The molecule has 2 rings (SSSR count). The summed E-state index contributed by atoms with van der Waals surface area (Å²) in [5.74, 6) is 2.08. The third-order valence-electron chi connectivity index (χ3n) is 4.74. The van der Waals surface area contributed by atoms with Crippen molar-refractivity contribution in [2.75, 3.05) is 13.1 Å². The number of rotatable bonds is 5. The maximum atomic E-state index is 3.60. The number of hydrogen-bond donors (Lipinski definition) is 1. The Labute approximate surface area is 95.0 Å². The lowest BCUT2D eigenvalue weighted by molar-refractivity contribution is 0.223. The lowest BCUT2D eigenvalue weighted by Crippen LogP contribution is -2.24. The maximum absolute atomic E-state index is 3.60. The largest absolute Gasteiger partial charge is 0.316 e. The molecule has 1 N–H and O–H groups in total. The van der Waals surface area contributed by atoms with E-state index in [2.05, 4.69) is 19.2 Å². The normalized spacial score (nSPS) is 39.6. The zero-order chi connectivity index (χ0) is 10.7. The molecule has 1 spiro atoms. The Bertz CT molecular complexity index is 200. The molecule has 2 saturated carbocycles. The fourth-order valence-corrected chi connectivity index (χ4v) is 3.60. The van der Waals surface area contributed by atoms with Gasteiger partial charge in [0.05, 0.1) is 0 Å². The van der Waals surface area contributed by atoms with Gasteiger partial charge >= 0.3 is 0 Å². The van der Waals surface area contributed by atoms with Crippen molar-refractivity contribution in [2.24, 2.45) is 17.3 Å². The maximum Gasteiger partial charge on any atom is -0.00150 e. The molecule has 0 heterocycles. The quantitative estimate of drug-likeness (QED) is 0.682. The minimum Gasteiger partial charge on any atom is -0.316 e. The second kappa shape index (κ2) is 4.86. The van der Waals surface area contributed by atoms with E-state index in [9.17, 15) is 0 Å². The van der Waals surface area contributed by atoms with Gasteiger partial charge < -0.3 is 5.32 Å². The van der Waals surface area contributed by atoms with Crippen molar-refractivity contribution >= 4 is 0 Å². The molecule has 88 valence electrons. The lowest BCUT2D eigenvalue weighted by atomic mass is 9.76. The highest BCUT2D eigenvalue weighted by molar-refractivity contribution is 5.05. The van der Waals surface area contributed by atoms with Crippen LogP contribution in [0, 0.1) is 17.3 Å². The van der Waals surface area contributed by atoms with Crippen LogP contribution in [-0.4, -0.2) is 13.1 Å². The van der Waals surface area contributed by atoms with E-state index in [0.29, 0.717) is 0 Å². The van der Waals surface area contributed by atoms with Crippen LogP contribution in [0.5, 0.6) is 0 Å². The van der Waals surface area contributed by atoms with Gasteiger partial charge in [0.25, 0.3) is 0 Å². The molecule has 3 atom stereocenters. The summed E-state index contributed by atoms with van der Waals surface area (Å²) in [6.45, 7) is 7.13. The molecule has 0 aromatic rings. The van der Waals surface area contributed by atoms with Gasteiger partial charge in [0, 0.05) is 0 Å². The van der Waals surface area contributed by atoms with Crippen LogP contribution in [0.4, 0.5) is 0 Å². The van der Waals surface area contributed by atoms with Crippen LogP contribution >= 0.6 is 0 Å². The fourth-order valence-electron chi connectivity index (χ4n) is 3.60. The highest BCUT2D eigenvalue weighted by atomic mass is 14.9. The van der Waals surface area contributed by atoms with Gasteiger partial charge in [-0.25, -0.2) is 0 Å². The first-order valence-corrected chi connectivity index (χ1v) is 7.01. The molecule has 0 aromatic heterocycles. The van der Waals surface area contributed by atoms with Crippen molar-refractivity contribution in [1.29, 1.82) is 0 Å². The fraction of sp³-hybridized carbons (Fsp3) is 1.00. The molecule has 1 nitrogen and oxygen atoms in total. The Hall–Kier alpha value is -0.0400.